The number of benzene rings is 3. The fourth-order valence-electron chi connectivity index (χ4n) is 2.70. The second kappa shape index (κ2) is 8.10. The SMILES string of the molecule is O=C(N[C@H](c1ccccc1)c1ccccc1Br)c1c(F)c(F)c(F)c(F)c1F. The highest BCUT2D eigenvalue weighted by Crippen LogP contribution is 2.30. The van der Waals surface area contributed by atoms with E-state index in [2.05, 4.69) is 21.2 Å². The lowest BCUT2D eigenvalue weighted by Gasteiger charge is -2.21. The van der Waals surface area contributed by atoms with Crippen molar-refractivity contribution in [2.75, 3.05) is 0 Å². The van der Waals surface area contributed by atoms with E-state index in [0.29, 0.717) is 15.6 Å². The molecule has 0 fully saturated rings. The van der Waals surface area contributed by atoms with Crippen LogP contribution in [0.5, 0.6) is 0 Å². The maximum absolute atomic E-state index is 14.0. The number of carbonyl (C=O) groups excluding carboxylic acids is 1. The number of nitrogens with one attached hydrogen (secondary N) is 1. The van der Waals surface area contributed by atoms with Crippen molar-refractivity contribution in [1.82, 2.24) is 5.32 Å². The monoisotopic (exact) mass is 455 g/mol. The highest BCUT2D eigenvalue weighted by molar-refractivity contribution is 9.10. The lowest BCUT2D eigenvalue weighted by atomic mass is 9.98. The van der Waals surface area contributed by atoms with Gasteiger partial charge in [-0.1, -0.05) is 64.5 Å². The van der Waals surface area contributed by atoms with Gasteiger partial charge in [0.2, 0.25) is 5.82 Å². The van der Waals surface area contributed by atoms with Crippen molar-refractivity contribution >= 4 is 21.8 Å². The molecule has 0 spiro atoms. The first-order valence-corrected chi connectivity index (χ1v) is 8.74. The standard InChI is InChI=1S/C20H11BrF5NO/c21-12-9-5-4-8-11(12)19(10-6-2-1-3-7-10)27-20(28)13-14(22)16(24)18(26)17(25)15(13)23/h1-9,19H,(H,27,28)/t19-/m1/s1. The molecule has 1 amide bonds. The zero-order valence-corrected chi connectivity index (χ0v) is 15.5. The van der Waals surface area contributed by atoms with Crippen LogP contribution in [-0.2, 0) is 0 Å². The third-order valence-corrected chi connectivity index (χ3v) is 4.78. The van der Waals surface area contributed by atoms with Gasteiger partial charge < -0.3 is 5.32 Å². The van der Waals surface area contributed by atoms with Crippen molar-refractivity contribution in [2.45, 2.75) is 6.04 Å². The molecular weight excluding hydrogens is 445 g/mol. The van der Waals surface area contributed by atoms with E-state index in [-0.39, 0.29) is 0 Å². The molecule has 28 heavy (non-hydrogen) atoms. The van der Waals surface area contributed by atoms with Crippen molar-refractivity contribution in [1.29, 1.82) is 0 Å². The molecule has 0 unspecified atom stereocenters. The van der Waals surface area contributed by atoms with Gasteiger partial charge in [-0.3, -0.25) is 4.79 Å². The van der Waals surface area contributed by atoms with Gasteiger partial charge in [-0.15, -0.1) is 0 Å². The van der Waals surface area contributed by atoms with Crippen LogP contribution in [0.25, 0.3) is 0 Å². The molecule has 8 heteroatoms. The molecule has 0 aromatic heterocycles. The molecule has 3 aromatic carbocycles. The zero-order valence-electron chi connectivity index (χ0n) is 13.9. The Labute approximate surface area is 165 Å². The average molecular weight is 456 g/mol. The first-order valence-electron chi connectivity index (χ1n) is 7.94. The second-order valence-electron chi connectivity index (χ2n) is 5.78. The summed E-state index contributed by atoms with van der Waals surface area (Å²) in [4.78, 5) is 12.5. The van der Waals surface area contributed by atoms with E-state index in [1.54, 1.807) is 54.6 Å². The van der Waals surface area contributed by atoms with Crippen LogP contribution in [0.1, 0.15) is 27.5 Å². The number of rotatable bonds is 4. The third kappa shape index (κ3) is 3.64. The Morgan fingerprint density at radius 2 is 1.25 bits per heavy atom. The zero-order chi connectivity index (χ0) is 20.4. The summed E-state index contributed by atoms with van der Waals surface area (Å²) in [6.45, 7) is 0. The van der Waals surface area contributed by atoms with Gasteiger partial charge in [-0.05, 0) is 17.2 Å². The van der Waals surface area contributed by atoms with Crippen LogP contribution < -0.4 is 5.32 Å². The molecule has 1 N–H and O–H groups in total. The molecular formula is C20H11BrF5NO. The number of amides is 1. The van der Waals surface area contributed by atoms with E-state index < -0.39 is 46.6 Å². The summed E-state index contributed by atoms with van der Waals surface area (Å²) in [6, 6.07) is 14.3. The minimum atomic E-state index is -2.32. The van der Waals surface area contributed by atoms with E-state index in [0.717, 1.165) is 0 Å². The first kappa shape index (κ1) is 20.0. The molecule has 3 rings (SSSR count). The Balaban J connectivity index is 2.08. The van der Waals surface area contributed by atoms with Crippen LogP contribution in [0.15, 0.2) is 59.1 Å². The fraction of sp³-hybridized carbons (Fsp3) is 0.0500. The van der Waals surface area contributed by atoms with Crippen molar-refractivity contribution in [3.8, 4) is 0 Å². The van der Waals surface area contributed by atoms with Crippen molar-refractivity contribution in [2.24, 2.45) is 0 Å². The Morgan fingerprint density at radius 3 is 1.82 bits per heavy atom. The van der Waals surface area contributed by atoms with E-state index in [1.165, 1.54) is 0 Å². The summed E-state index contributed by atoms with van der Waals surface area (Å²) in [6.07, 6.45) is 0. The van der Waals surface area contributed by atoms with Crippen LogP contribution in [0.2, 0.25) is 0 Å². The van der Waals surface area contributed by atoms with E-state index >= 15 is 0 Å². The van der Waals surface area contributed by atoms with E-state index in [4.69, 9.17) is 0 Å². The van der Waals surface area contributed by atoms with Gasteiger partial charge in [0.05, 0.1) is 6.04 Å². The molecule has 0 bridgehead atoms. The largest absolute Gasteiger partial charge is 0.341 e. The van der Waals surface area contributed by atoms with Gasteiger partial charge in [0.25, 0.3) is 5.91 Å². The van der Waals surface area contributed by atoms with Gasteiger partial charge in [0, 0.05) is 4.47 Å². The normalized spacial score (nSPS) is 11.9. The molecule has 3 aromatic rings. The minimum absolute atomic E-state index is 0.533. The molecule has 0 aliphatic carbocycles. The Hall–Kier alpha value is -2.74. The Bertz CT molecular complexity index is 1010. The summed E-state index contributed by atoms with van der Waals surface area (Å²) in [5, 5.41) is 2.36. The van der Waals surface area contributed by atoms with Crippen molar-refractivity contribution in [3.05, 3.63) is 105 Å². The molecule has 0 aliphatic rings. The average Bonchev–Trinajstić information content (AvgIpc) is 2.70. The third-order valence-electron chi connectivity index (χ3n) is 4.06. The maximum atomic E-state index is 14.0. The van der Waals surface area contributed by atoms with Crippen LogP contribution in [-0.4, -0.2) is 5.91 Å². The smallest absolute Gasteiger partial charge is 0.258 e. The second-order valence-corrected chi connectivity index (χ2v) is 6.64. The van der Waals surface area contributed by atoms with Crippen molar-refractivity contribution in [3.63, 3.8) is 0 Å². The molecule has 0 saturated heterocycles. The maximum Gasteiger partial charge on any atom is 0.258 e. The fourth-order valence-corrected chi connectivity index (χ4v) is 3.22. The number of halogens is 6. The van der Waals surface area contributed by atoms with Crippen LogP contribution >= 0.6 is 15.9 Å². The summed E-state index contributed by atoms with van der Waals surface area (Å²) >= 11 is 3.33. The number of carbonyl (C=O) groups is 1. The summed E-state index contributed by atoms with van der Waals surface area (Å²) in [7, 11) is 0. The number of hydrogen-bond acceptors (Lipinski definition) is 1. The molecule has 0 saturated carbocycles. The molecule has 144 valence electrons. The Kier molecular flexibility index (Phi) is 5.79. The first-order chi connectivity index (χ1) is 13.3. The molecule has 0 aliphatic heterocycles. The predicted molar refractivity (Wildman–Crippen MR) is 96.1 cm³/mol. The highest BCUT2D eigenvalue weighted by atomic mass is 79.9. The minimum Gasteiger partial charge on any atom is -0.341 e. The van der Waals surface area contributed by atoms with Gasteiger partial charge in [-0.2, -0.15) is 0 Å². The lowest BCUT2D eigenvalue weighted by Crippen LogP contribution is -2.32. The quantitative estimate of drug-likeness (QED) is 0.306. The van der Waals surface area contributed by atoms with E-state index in [1.807, 2.05) is 0 Å². The number of hydrogen-bond donors (Lipinski definition) is 1. The molecule has 2 nitrogen and oxygen atoms in total. The molecule has 0 radical (unpaired) electrons. The highest BCUT2D eigenvalue weighted by Gasteiger charge is 2.31. The van der Waals surface area contributed by atoms with Gasteiger partial charge in [0.1, 0.15) is 5.56 Å². The topological polar surface area (TPSA) is 29.1 Å². The predicted octanol–water partition coefficient (Wildman–Crippen LogP) is 5.66. The van der Waals surface area contributed by atoms with Crippen LogP contribution in [0.3, 0.4) is 0 Å². The van der Waals surface area contributed by atoms with Gasteiger partial charge in [0.15, 0.2) is 23.3 Å². The molecule has 0 heterocycles. The van der Waals surface area contributed by atoms with Crippen molar-refractivity contribution < 1.29 is 26.7 Å². The van der Waals surface area contributed by atoms with Crippen LogP contribution in [0, 0.1) is 29.1 Å². The Morgan fingerprint density at radius 1 is 0.750 bits per heavy atom. The van der Waals surface area contributed by atoms with Crippen LogP contribution in [0.4, 0.5) is 22.0 Å². The summed E-state index contributed by atoms with van der Waals surface area (Å²) in [5.41, 5.74) is -0.457. The molecule has 1 atom stereocenters. The van der Waals surface area contributed by atoms with E-state index in [9.17, 15) is 26.7 Å². The summed E-state index contributed by atoms with van der Waals surface area (Å²) in [5.74, 6) is -12.5. The van der Waals surface area contributed by atoms with Gasteiger partial charge >= 0.3 is 0 Å². The lowest BCUT2D eigenvalue weighted by molar-refractivity contribution is 0.0931. The van der Waals surface area contributed by atoms with Gasteiger partial charge in [-0.25, -0.2) is 22.0 Å². The summed E-state index contributed by atoms with van der Waals surface area (Å²) < 4.78 is 68.7.